The molecule has 0 bridgehead atoms. The molecule has 1 amide bonds. The Balaban J connectivity index is 1.87. The van der Waals surface area contributed by atoms with Gasteiger partial charge in [-0.15, -0.1) is 0 Å². The Bertz CT molecular complexity index is 763. The zero-order valence-electron chi connectivity index (χ0n) is 17.7. The van der Waals surface area contributed by atoms with Crippen LogP contribution in [0.25, 0.3) is 0 Å². The summed E-state index contributed by atoms with van der Waals surface area (Å²) in [6, 6.07) is 3.69. The molecule has 1 heterocycles. The molecular formula is C20H32N2O6S. The van der Waals surface area contributed by atoms with E-state index in [-0.39, 0.29) is 17.7 Å². The van der Waals surface area contributed by atoms with E-state index in [2.05, 4.69) is 5.32 Å². The van der Waals surface area contributed by atoms with E-state index >= 15 is 0 Å². The second kappa shape index (κ2) is 10.7. The summed E-state index contributed by atoms with van der Waals surface area (Å²) in [6.07, 6.45) is 2.75. The minimum atomic E-state index is -3.16. The molecule has 1 fully saturated rings. The van der Waals surface area contributed by atoms with Gasteiger partial charge in [-0.05, 0) is 43.4 Å². The van der Waals surface area contributed by atoms with Crippen molar-refractivity contribution in [1.29, 1.82) is 0 Å². The quantitative estimate of drug-likeness (QED) is 0.612. The SMILES string of the molecule is CCCS(=O)(=O)N1CCC(NC(=O)CCc2cc(OC)c(OC)c(OC)c2)CC1. The van der Waals surface area contributed by atoms with Crippen LogP contribution < -0.4 is 19.5 Å². The van der Waals surface area contributed by atoms with Crippen molar-refractivity contribution in [2.45, 2.75) is 45.1 Å². The van der Waals surface area contributed by atoms with E-state index in [0.717, 1.165) is 5.56 Å². The maximum Gasteiger partial charge on any atom is 0.220 e. The number of benzene rings is 1. The van der Waals surface area contributed by atoms with Gasteiger partial charge in [0.05, 0.1) is 27.1 Å². The minimum Gasteiger partial charge on any atom is -0.493 e. The molecule has 29 heavy (non-hydrogen) atoms. The van der Waals surface area contributed by atoms with Crippen LogP contribution in [-0.4, -0.2) is 64.8 Å². The van der Waals surface area contributed by atoms with Gasteiger partial charge in [0.2, 0.25) is 21.7 Å². The van der Waals surface area contributed by atoms with Crippen LogP contribution in [-0.2, 0) is 21.2 Å². The summed E-state index contributed by atoms with van der Waals surface area (Å²) in [5.41, 5.74) is 0.912. The number of ether oxygens (including phenoxy) is 3. The van der Waals surface area contributed by atoms with Crippen molar-refractivity contribution in [2.75, 3.05) is 40.2 Å². The third-order valence-corrected chi connectivity index (χ3v) is 7.12. The molecule has 8 nitrogen and oxygen atoms in total. The van der Waals surface area contributed by atoms with Crippen LogP contribution in [0.3, 0.4) is 0 Å². The number of carbonyl (C=O) groups excluding carboxylic acids is 1. The van der Waals surface area contributed by atoms with Crippen LogP contribution in [0, 0.1) is 0 Å². The van der Waals surface area contributed by atoms with Gasteiger partial charge in [0.15, 0.2) is 11.5 Å². The van der Waals surface area contributed by atoms with Crippen molar-refractivity contribution in [3.63, 3.8) is 0 Å². The number of hydrogen-bond donors (Lipinski definition) is 1. The molecule has 0 spiro atoms. The van der Waals surface area contributed by atoms with Crippen LogP contribution in [0.2, 0.25) is 0 Å². The van der Waals surface area contributed by atoms with E-state index in [0.29, 0.717) is 62.4 Å². The Labute approximate surface area is 173 Å². The van der Waals surface area contributed by atoms with Gasteiger partial charge in [-0.3, -0.25) is 4.79 Å². The highest BCUT2D eigenvalue weighted by atomic mass is 32.2. The number of nitrogens with one attached hydrogen (secondary N) is 1. The number of rotatable bonds is 10. The fraction of sp³-hybridized carbons (Fsp3) is 0.650. The maximum absolute atomic E-state index is 12.4. The third kappa shape index (κ3) is 6.24. The van der Waals surface area contributed by atoms with Crippen LogP contribution >= 0.6 is 0 Å². The van der Waals surface area contributed by atoms with Gasteiger partial charge < -0.3 is 19.5 Å². The largest absolute Gasteiger partial charge is 0.493 e. The predicted octanol–water partition coefficient (Wildman–Crippen LogP) is 1.97. The van der Waals surface area contributed by atoms with Crippen LogP contribution in [0.15, 0.2) is 12.1 Å². The number of hydrogen-bond acceptors (Lipinski definition) is 6. The smallest absolute Gasteiger partial charge is 0.220 e. The van der Waals surface area contributed by atoms with Crippen molar-refractivity contribution in [1.82, 2.24) is 9.62 Å². The standard InChI is InChI=1S/C20H32N2O6S/c1-5-12-29(24,25)22-10-8-16(9-11-22)21-19(23)7-6-15-13-17(26-2)20(28-4)18(14-15)27-3/h13-14,16H,5-12H2,1-4H3,(H,21,23). The number of aryl methyl sites for hydroxylation is 1. The van der Waals surface area contributed by atoms with Gasteiger partial charge in [-0.2, -0.15) is 0 Å². The highest BCUT2D eigenvalue weighted by Gasteiger charge is 2.27. The van der Waals surface area contributed by atoms with E-state index < -0.39 is 10.0 Å². The molecule has 1 aliphatic rings. The van der Waals surface area contributed by atoms with Crippen LogP contribution in [0.1, 0.15) is 38.2 Å². The minimum absolute atomic E-state index is 0.00974. The lowest BCUT2D eigenvalue weighted by Crippen LogP contribution is -2.47. The number of sulfonamides is 1. The lowest BCUT2D eigenvalue weighted by molar-refractivity contribution is -0.122. The number of carbonyl (C=O) groups is 1. The number of nitrogens with zero attached hydrogens (tertiary/aromatic N) is 1. The Morgan fingerprint density at radius 1 is 1.10 bits per heavy atom. The van der Waals surface area contributed by atoms with E-state index in [9.17, 15) is 13.2 Å². The molecule has 1 saturated heterocycles. The fourth-order valence-corrected chi connectivity index (χ4v) is 5.04. The lowest BCUT2D eigenvalue weighted by Gasteiger charge is -2.31. The summed E-state index contributed by atoms with van der Waals surface area (Å²) in [4.78, 5) is 12.4. The molecule has 1 aliphatic heterocycles. The van der Waals surface area contributed by atoms with Crippen LogP contribution in [0.4, 0.5) is 0 Å². The van der Waals surface area contributed by atoms with Crippen LogP contribution in [0.5, 0.6) is 17.2 Å². The molecule has 0 saturated carbocycles. The van der Waals surface area contributed by atoms with Gasteiger partial charge in [0, 0.05) is 25.6 Å². The summed E-state index contributed by atoms with van der Waals surface area (Å²) >= 11 is 0. The maximum atomic E-state index is 12.4. The van der Waals surface area contributed by atoms with Gasteiger partial charge >= 0.3 is 0 Å². The van der Waals surface area contributed by atoms with Crippen molar-refractivity contribution in [2.24, 2.45) is 0 Å². The molecule has 1 aromatic carbocycles. The summed E-state index contributed by atoms with van der Waals surface area (Å²) < 4.78 is 41.8. The Hall–Kier alpha value is -2.00. The number of amides is 1. The second-order valence-electron chi connectivity index (χ2n) is 7.09. The highest BCUT2D eigenvalue weighted by molar-refractivity contribution is 7.89. The van der Waals surface area contributed by atoms with Crippen molar-refractivity contribution >= 4 is 15.9 Å². The molecule has 1 aromatic rings. The fourth-order valence-electron chi connectivity index (χ4n) is 3.50. The zero-order chi connectivity index (χ0) is 21.4. The zero-order valence-corrected chi connectivity index (χ0v) is 18.5. The normalized spacial score (nSPS) is 15.7. The van der Waals surface area contributed by atoms with Crippen molar-refractivity contribution in [3.05, 3.63) is 17.7 Å². The highest BCUT2D eigenvalue weighted by Crippen LogP contribution is 2.38. The first kappa shape index (κ1) is 23.3. The molecule has 164 valence electrons. The van der Waals surface area contributed by atoms with E-state index in [1.807, 2.05) is 19.1 Å². The molecule has 1 N–H and O–H groups in total. The van der Waals surface area contributed by atoms with E-state index in [1.54, 1.807) is 21.3 Å². The van der Waals surface area contributed by atoms with Gasteiger partial charge in [-0.25, -0.2) is 12.7 Å². The Morgan fingerprint density at radius 3 is 2.17 bits per heavy atom. The average Bonchev–Trinajstić information content (AvgIpc) is 2.71. The molecule has 0 aliphatic carbocycles. The summed E-state index contributed by atoms with van der Waals surface area (Å²) in [7, 11) is 1.50. The van der Waals surface area contributed by atoms with Crippen molar-refractivity contribution in [3.8, 4) is 17.2 Å². The number of piperidine rings is 1. The molecular weight excluding hydrogens is 396 g/mol. The first-order valence-electron chi connectivity index (χ1n) is 9.90. The first-order valence-corrected chi connectivity index (χ1v) is 11.5. The molecule has 0 unspecified atom stereocenters. The first-order chi connectivity index (χ1) is 13.8. The third-order valence-electron chi connectivity index (χ3n) is 5.04. The second-order valence-corrected chi connectivity index (χ2v) is 9.18. The molecule has 0 aromatic heterocycles. The lowest BCUT2D eigenvalue weighted by atomic mass is 10.0. The molecule has 2 rings (SSSR count). The number of methoxy groups -OCH3 is 3. The summed E-state index contributed by atoms with van der Waals surface area (Å²) in [5.74, 6) is 1.77. The van der Waals surface area contributed by atoms with Gasteiger partial charge in [-0.1, -0.05) is 6.92 Å². The Kier molecular flexibility index (Phi) is 8.58. The summed E-state index contributed by atoms with van der Waals surface area (Å²) in [6.45, 7) is 2.78. The summed E-state index contributed by atoms with van der Waals surface area (Å²) in [5, 5.41) is 3.03. The predicted molar refractivity (Wildman–Crippen MR) is 111 cm³/mol. The van der Waals surface area contributed by atoms with Gasteiger partial charge in [0.1, 0.15) is 0 Å². The van der Waals surface area contributed by atoms with Gasteiger partial charge in [0.25, 0.3) is 0 Å². The molecule has 0 radical (unpaired) electrons. The van der Waals surface area contributed by atoms with E-state index in [4.69, 9.17) is 14.2 Å². The average molecular weight is 429 g/mol. The Morgan fingerprint density at radius 2 is 1.69 bits per heavy atom. The van der Waals surface area contributed by atoms with Crippen molar-refractivity contribution < 1.29 is 27.4 Å². The van der Waals surface area contributed by atoms with E-state index in [1.165, 1.54) is 4.31 Å². The molecule has 0 atom stereocenters. The molecule has 9 heteroatoms. The topological polar surface area (TPSA) is 94.2 Å². The monoisotopic (exact) mass is 428 g/mol.